The average molecular weight is 396 g/mol. The molecule has 144 valence electrons. The number of ether oxygens (including phenoxy) is 1. The van der Waals surface area contributed by atoms with Crippen molar-refractivity contribution in [1.82, 2.24) is 14.8 Å². The van der Waals surface area contributed by atoms with E-state index in [0.717, 1.165) is 35.6 Å². The minimum absolute atomic E-state index is 0.00102. The van der Waals surface area contributed by atoms with Gasteiger partial charge in [0.05, 0.1) is 5.52 Å². The maximum atomic E-state index is 12.5. The fourth-order valence-corrected chi connectivity index (χ4v) is 3.48. The molecule has 2 heterocycles. The van der Waals surface area contributed by atoms with E-state index >= 15 is 0 Å². The highest BCUT2D eigenvalue weighted by atomic mass is 35.5. The highest BCUT2D eigenvalue weighted by Crippen LogP contribution is 2.16. The van der Waals surface area contributed by atoms with Gasteiger partial charge in [0.15, 0.2) is 6.61 Å². The summed E-state index contributed by atoms with van der Waals surface area (Å²) < 4.78 is 5.63. The number of aromatic nitrogens is 1. The van der Waals surface area contributed by atoms with Gasteiger partial charge in [0, 0.05) is 49.2 Å². The van der Waals surface area contributed by atoms with Crippen molar-refractivity contribution >= 4 is 28.4 Å². The fraction of sp³-hybridized carbons (Fsp3) is 0.273. The molecule has 0 N–H and O–H groups in total. The monoisotopic (exact) mass is 395 g/mol. The first-order chi connectivity index (χ1) is 13.7. The number of amides is 1. The molecule has 28 heavy (non-hydrogen) atoms. The predicted octanol–water partition coefficient (Wildman–Crippen LogP) is 3.61. The van der Waals surface area contributed by atoms with Gasteiger partial charge in [0.25, 0.3) is 5.91 Å². The molecular weight excluding hydrogens is 374 g/mol. The first-order valence-electron chi connectivity index (χ1n) is 9.40. The second-order valence-corrected chi connectivity index (χ2v) is 7.35. The van der Waals surface area contributed by atoms with Gasteiger partial charge in [-0.15, -0.1) is 0 Å². The number of hydrogen-bond donors (Lipinski definition) is 0. The Hall–Kier alpha value is -2.63. The van der Waals surface area contributed by atoms with Gasteiger partial charge in [-0.3, -0.25) is 9.69 Å². The molecule has 0 atom stereocenters. The van der Waals surface area contributed by atoms with Crippen molar-refractivity contribution < 1.29 is 9.53 Å². The lowest BCUT2D eigenvalue weighted by Gasteiger charge is -2.34. The number of nitrogens with zero attached hydrogens (tertiary/aromatic N) is 3. The number of benzene rings is 2. The van der Waals surface area contributed by atoms with Gasteiger partial charge < -0.3 is 9.64 Å². The number of halogens is 1. The van der Waals surface area contributed by atoms with Crippen molar-refractivity contribution in [2.75, 3.05) is 32.8 Å². The van der Waals surface area contributed by atoms with Crippen molar-refractivity contribution in [3.63, 3.8) is 0 Å². The third-order valence-electron chi connectivity index (χ3n) is 4.96. The molecule has 6 heteroatoms. The Kier molecular flexibility index (Phi) is 5.74. The number of piperazine rings is 1. The molecule has 2 aromatic carbocycles. The number of carbonyl (C=O) groups is 1. The van der Waals surface area contributed by atoms with Crippen LogP contribution in [0.2, 0.25) is 5.02 Å². The first-order valence-corrected chi connectivity index (χ1v) is 9.78. The second kappa shape index (κ2) is 8.59. The molecular formula is C22H22ClN3O2. The van der Waals surface area contributed by atoms with Crippen LogP contribution in [0.25, 0.3) is 10.9 Å². The van der Waals surface area contributed by atoms with Crippen molar-refractivity contribution in [1.29, 1.82) is 0 Å². The fourth-order valence-electron chi connectivity index (χ4n) is 3.36. The summed E-state index contributed by atoms with van der Waals surface area (Å²) in [5, 5.41) is 1.80. The van der Waals surface area contributed by atoms with E-state index in [4.69, 9.17) is 16.3 Å². The summed E-state index contributed by atoms with van der Waals surface area (Å²) in [5.74, 6) is 0.481. The lowest BCUT2D eigenvalue weighted by Crippen LogP contribution is -2.49. The Morgan fingerprint density at radius 2 is 1.71 bits per heavy atom. The maximum Gasteiger partial charge on any atom is 0.260 e. The molecule has 0 radical (unpaired) electrons. The number of fused-ring (bicyclic) bond motifs is 1. The second-order valence-electron chi connectivity index (χ2n) is 6.91. The quantitative estimate of drug-likeness (QED) is 0.662. The Morgan fingerprint density at radius 3 is 2.50 bits per heavy atom. The third-order valence-corrected chi connectivity index (χ3v) is 5.21. The summed E-state index contributed by atoms with van der Waals surface area (Å²) in [7, 11) is 0. The van der Waals surface area contributed by atoms with Crippen LogP contribution in [0.4, 0.5) is 0 Å². The van der Waals surface area contributed by atoms with E-state index in [1.54, 1.807) is 6.07 Å². The van der Waals surface area contributed by atoms with Crippen LogP contribution in [0.3, 0.4) is 0 Å². The van der Waals surface area contributed by atoms with Crippen LogP contribution < -0.4 is 4.74 Å². The van der Waals surface area contributed by atoms with E-state index in [0.29, 0.717) is 19.0 Å². The lowest BCUT2D eigenvalue weighted by atomic mass is 10.2. The molecule has 0 bridgehead atoms. The number of carbonyl (C=O) groups excluding carboxylic acids is 1. The smallest absolute Gasteiger partial charge is 0.260 e. The average Bonchev–Trinajstić information content (AvgIpc) is 2.74. The SMILES string of the molecule is O=C(COc1ccc2ccccc2n1)N1CCN(Cc2ccc(Cl)cc2)CC1. The van der Waals surface area contributed by atoms with E-state index in [1.807, 2.05) is 59.5 Å². The molecule has 1 aromatic heterocycles. The molecule has 0 unspecified atom stereocenters. The highest BCUT2D eigenvalue weighted by Gasteiger charge is 2.21. The minimum atomic E-state index is 0.00102. The first kappa shape index (κ1) is 18.7. The van der Waals surface area contributed by atoms with E-state index in [-0.39, 0.29) is 12.5 Å². The summed E-state index contributed by atoms with van der Waals surface area (Å²) in [6, 6.07) is 19.5. The number of pyridine rings is 1. The van der Waals surface area contributed by atoms with Crippen molar-refractivity contribution in [2.45, 2.75) is 6.54 Å². The van der Waals surface area contributed by atoms with Gasteiger partial charge in [-0.05, 0) is 29.8 Å². The Balaban J connectivity index is 1.26. The zero-order chi connectivity index (χ0) is 19.3. The van der Waals surface area contributed by atoms with Crippen molar-refractivity contribution in [3.05, 3.63) is 71.2 Å². The van der Waals surface area contributed by atoms with Gasteiger partial charge in [-0.25, -0.2) is 4.98 Å². The van der Waals surface area contributed by atoms with Crippen LogP contribution in [0.15, 0.2) is 60.7 Å². The lowest BCUT2D eigenvalue weighted by molar-refractivity contribution is -0.135. The third kappa shape index (κ3) is 4.61. The van der Waals surface area contributed by atoms with Gasteiger partial charge in [-0.1, -0.05) is 41.9 Å². The van der Waals surface area contributed by atoms with Gasteiger partial charge in [0.2, 0.25) is 5.88 Å². The van der Waals surface area contributed by atoms with E-state index in [1.165, 1.54) is 5.56 Å². The molecule has 4 rings (SSSR count). The van der Waals surface area contributed by atoms with Crippen molar-refractivity contribution in [2.24, 2.45) is 0 Å². The zero-order valence-electron chi connectivity index (χ0n) is 15.6. The molecule has 0 spiro atoms. The standard InChI is InChI=1S/C22H22ClN3O2/c23-19-8-5-17(6-9-19)15-25-11-13-26(14-12-25)22(27)16-28-21-10-7-18-3-1-2-4-20(18)24-21/h1-10H,11-16H2. The van der Waals surface area contributed by atoms with Crippen molar-refractivity contribution in [3.8, 4) is 5.88 Å². The van der Waals surface area contributed by atoms with Gasteiger partial charge in [-0.2, -0.15) is 0 Å². The largest absolute Gasteiger partial charge is 0.468 e. The van der Waals surface area contributed by atoms with Crippen LogP contribution in [0, 0.1) is 0 Å². The molecule has 3 aromatic rings. The summed E-state index contributed by atoms with van der Waals surface area (Å²) in [6.45, 7) is 4.01. The summed E-state index contributed by atoms with van der Waals surface area (Å²) >= 11 is 5.94. The molecule has 1 fully saturated rings. The molecule has 5 nitrogen and oxygen atoms in total. The molecule has 1 amide bonds. The Labute approximate surface area is 169 Å². The number of para-hydroxylation sites is 1. The molecule has 0 saturated carbocycles. The van der Waals surface area contributed by atoms with Crippen LogP contribution >= 0.6 is 11.6 Å². The van der Waals surface area contributed by atoms with Crippen LogP contribution in [0.1, 0.15) is 5.56 Å². The van der Waals surface area contributed by atoms with E-state index in [2.05, 4.69) is 9.88 Å². The zero-order valence-corrected chi connectivity index (χ0v) is 16.3. The minimum Gasteiger partial charge on any atom is -0.468 e. The molecule has 1 aliphatic rings. The van der Waals surface area contributed by atoms with Gasteiger partial charge in [0.1, 0.15) is 0 Å². The maximum absolute atomic E-state index is 12.5. The van der Waals surface area contributed by atoms with Gasteiger partial charge >= 0.3 is 0 Å². The summed E-state index contributed by atoms with van der Waals surface area (Å²) in [6.07, 6.45) is 0. The molecule has 1 aliphatic heterocycles. The van der Waals surface area contributed by atoms with Crippen LogP contribution in [-0.2, 0) is 11.3 Å². The molecule has 0 aliphatic carbocycles. The highest BCUT2D eigenvalue weighted by molar-refractivity contribution is 6.30. The van der Waals surface area contributed by atoms with Crippen LogP contribution in [-0.4, -0.2) is 53.5 Å². The normalized spacial score (nSPS) is 15.0. The summed E-state index contributed by atoms with van der Waals surface area (Å²) in [5.41, 5.74) is 2.10. The summed E-state index contributed by atoms with van der Waals surface area (Å²) in [4.78, 5) is 21.1. The Bertz CT molecular complexity index is 953. The number of hydrogen-bond acceptors (Lipinski definition) is 4. The predicted molar refractivity (Wildman–Crippen MR) is 111 cm³/mol. The van der Waals surface area contributed by atoms with Crippen LogP contribution in [0.5, 0.6) is 5.88 Å². The van der Waals surface area contributed by atoms with E-state index < -0.39 is 0 Å². The van der Waals surface area contributed by atoms with E-state index in [9.17, 15) is 4.79 Å². The Morgan fingerprint density at radius 1 is 0.964 bits per heavy atom. The number of rotatable bonds is 5. The topological polar surface area (TPSA) is 45.7 Å². The molecule has 1 saturated heterocycles.